The van der Waals surface area contributed by atoms with Crippen LogP contribution in [0.25, 0.3) is 0 Å². The van der Waals surface area contributed by atoms with Gasteiger partial charge >= 0.3 is 0 Å². The number of rotatable bonds is 3. The number of nitrogens with zero attached hydrogens (tertiary/aromatic N) is 1. The molecule has 140 valence electrons. The van der Waals surface area contributed by atoms with E-state index in [1.807, 2.05) is 18.2 Å². The van der Waals surface area contributed by atoms with Gasteiger partial charge in [-0.2, -0.15) is 0 Å². The lowest BCUT2D eigenvalue weighted by atomic mass is 10.1. The molecule has 3 rings (SSSR count). The highest BCUT2D eigenvalue weighted by Crippen LogP contribution is 2.32. The molecule has 1 fully saturated rings. The fourth-order valence-corrected chi connectivity index (χ4v) is 4.69. The molecule has 2 aliphatic rings. The van der Waals surface area contributed by atoms with E-state index in [4.69, 9.17) is 9.47 Å². The molecule has 2 aliphatic heterocycles. The standard InChI is InChI=1S/C16H23N3O4S.HI/c1-17-16(18-10-12-5-8-24(20,21)11-12)19-13-3-4-14-15(9-13)23-7-2-6-22-14;/h3-4,9,12H,2,5-8,10-11H2,1H3,(H2,17,18,19);1H. The summed E-state index contributed by atoms with van der Waals surface area (Å²) in [6, 6.07) is 5.66. The fourth-order valence-electron chi connectivity index (χ4n) is 2.83. The van der Waals surface area contributed by atoms with Crippen LogP contribution in [0, 0.1) is 5.92 Å². The van der Waals surface area contributed by atoms with Gasteiger partial charge in [0.05, 0.1) is 24.7 Å². The van der Waals surface area contributed by atoms with Crippen LogP contribution in [-0.4, -0.2) is 52.7 Å². The van der Waals surface area contributed by atoms with Crippen molar-refractivity contribution in [3.63, 3.8) is 0 Å². The highest BCUT2D eigenvalue weighted by atomic mass is 127. The van der Waals surface area contributed by atoms with Gasteiger partial charge in [-0.15, -0.1) is 24.0 Å². The molecule has 0 amide bonds. The number of hydrogen-bond donors (Lipinski definition) is 2. The van der Waals surface area contributed by atoms with Crippen molar-refractivity contribution in [3.05, 3.63) is 18.2 Å². The second kappa shape index (κ2) is 8.93. The largest absolute Gasteiger partial charge is 0.490 e. The number of fused-ring (bicyclic) bond motifs is 1. The van der Waals surface area contributed by atoms with Crippen LogP contribution in [0.15, 0.2) is 23.2 Å². The van der Waals surface area contributed by atoms with Crippen molar-refractivity contribution in [1.29, 1.82) is 0 Å². The molecule has 0 radical (unpaired) electrons. The van der Waals surface area contributed by atoms with E-state index in [1.165, 1.54) is 0 Å². The second-order valence-corrected chi connectivity index (χ2v) is 8.29. The minimum absolute atomic E-state index is 0. The van der Waals surface area contributed by atoms with E-state index in [2.05, 4.69) is 15.6 Å². The Labute approximate surface area is 165 Å². The molecule has 1 unspecified atom stereocenters. The summed E-state index contributed by atoms with van der Waals surface area (Å²) in [4.78, 5) is 4.18. The quantitative estimate of drug-likeness (QED) is 0.390. The molecule has 0 spiro atoms. The lowest BCUT2D eigenvalue weighted by molar-refractivity contribution is 0.297. The maximum atomic E-state index is 11.5. The van der Waals surface area contributed by atoms with Gasteiger partial charge in [-0.3, -0.25) is 4.99 Å². The summed E-state index contributed by atoms with van der Waals surface area (Å²) >= 11 is 0. The molecule has 7 nitrogen and oxygen atoms in total. The van der Waals surface area contributed by atoms with Crippen molar-refractivity contribution in [2.75, 3.05) is 43.6 Å². The zero-order valence-corrected chi connectivity index (χ0v) is 17.3. The summed E-state index contributed by atoms with van der Waals surface area (Å²) in [5.74, 6) is 2.74. The van der Waals surface area contributed by atoms with Gasteiger partial charge in [0.15, 0.2) is 27.3 Å². The van der Waals surface area contributed by atoms with Crippen molar-refractivity contribution < 1.29 is 17.9 Å². The van der Waals surface area contributed by atoms with E-state index >= 15 is 0 Å². The highest BCUT2D eigenvalue weighted by Gasteiger charge is 2.27. The summed E-state index contributed by atoms with van der Waals surface area (Å²) in [6.07, 6.45) is 1.57. The zero-order chi connectivity index (χ0) is 17.0. The van der Waals surface area contributed by atoms with Crippen LogP contribution in [0.5, 0.6) is 11.5 Å². The maximum absolute atomic E-state index is 11.5. The van der Waals surface area contributed by atoms with Crippen LogP contribution in [0.4, 0.5) is 5.69 Å². The van der Waals surface area contributed by atoms with Crippen molar-refractivity contribution >= 4 is 45.5 Å². The van der Waals surface area contributed by atoms with E-state index in [0.29, 0.717) is 32.1 Å². The maximum Gasteiger partial charge on any atom is 0.195 e. The number of sulfone groups is 1. The Kier molecular flexibility index (Phi) is 7.17. The topological polar surface area (TPSA) is 89.0 Å². The third kappa shape index (κ3) is 5.63. The van der Waals surface area contributed by atoms with E-state index in [0.717, 1.165) is 23.6 Å². The normalized spacial score (nSPS) is 21.8. The van der Waals surface area contributed by atoms with Gasteiger partial charge in [0.1, 0.15) is 0 Å². The molecule has 2 heterocycles. The summed E-state index contributed by atoms with van der Waals surface area (Å²) in [6.45, 7) is 1.89. The van der Waals surface area contributed by atoms with Crippen molar-refractivity contribution in [1.82, 2.24) is 5.32 Å². The Hall–Kier alpha value is -1.23. The monoisotopic (exact) mass is 481 g/mol. The Morgan fingerprint density at radius 1 is 1.28 bits per heavy atom. The molecule has 0 aliphatic carbocycles. The zero-order valence-electron chi connectivity index (χ0n) is 14.2. The van der Waals surface area contributed by atoms with Crippen molar-refractivity contribution in [2.45, 2.75) is 12.8 Å². The van der Waals surface area contributed by atoms with Crippen LogP contribution in [-0.2, 0) is 9.84 Å². The summed E-state index contributed by atoms with van der Waals surface area (Å²) in [5, 5.41) is 6.39. The molecule has 9 heteroatoms. The Morgan fingerprint density at radius 2 is 2.04 bits per heavy atom. The first-order valence-electron chi connectivity index (χ1n) is 8.13. The van der Waals surface area contributed by atoms with Gasteiger partial charge in [-0.1, -0.05) is 0 Å². The summed E-state index contributed by atoms with van der Waals surface area (Å²) in [7, 11) is -1.17. The van der Waals surface area contributed by atoms with Gasteiger partial charge in [-0.05, 0) is 24.5 Å². The summed E-state index contributed by atoms with van der Waals surface area (Å²) in [5.41, 5.74) is 0.839. The first-order chi connectivity index (χ1) is 11.6. The highest BCUT2D eigenvalue weighted by molar-refractivity contribution is 14.0. The molecule has 1 saturated heterocycles. The number of hydrogen-bond acceptors (Lipinski definition) is 5. The number of halogens is 1. The molecule has 1 atom stereocenters. The predicted octanol–water partition coefficient (Wildman–Crippen LogP) is 1.89. The van der Waals surface area contributed by atoms with Crippen LogP contribution in [0.3, 0.4) is 0 Å². The Balaban J connectivity index is 0.00000225. The minimum atomic E-state index is -2.85. The number of ether oxygens (including phenoxy) is 2. The van der Waals surface area contributed by atoms with E-state index in [1.54, 1.807) is 7.05 Å². The first kappa shape index (κ1) is 20.1. The molecule has 1 aromatic carbocycles. The molecule has 0 saturated carbocycles. The van der Waals surface area contributed by atoms with Crippen LogP contribution >= 0.6 is 24.0 Å². The van der Waals surface area contributed by atoms with E-state index < -0.39 is 9.84 Å². The molecule has 2 N–H and O–H groups in total. The van der Waals surface area contributed by atoms with Gasteiger partial charge in [-0.25, -0.2) is 8.42 Å². The van der Waals surface area contributed by atoms with E-state index in [-0.39, 0.29) is 41.4 Å². The van der Waals surface area contributed by atoms with Crippen LogP contribution in [0.1, 0.15) is 12.8 Å². The number of aliphatic imine (C=N–C) groups is 1. The average molecular weight is 481 g/mol. The van der Waals surface area contributed by atoms with Crippen molar-refractivity contribution in [2.24, 2.45) is 10.9 Å². The lowest BCUT2D eigenvalue weighted by Gasteiger charge is -2.15. The number of nitrogens with one attached hydrogen (secondary N) is 2. The minimum Gasteiger partial charge on any atom is -0.490 e. The number of benzene rings is 1. The van der Waals surface area contributed by atoms with Gasteiger partial charge < -0.3 is 20.1 Å². The molecular weight excluding hydrogens is 457 g/mol. The van der Waals surface area contributed by atoms with E-state index in [9.17, 15) is 8.42 Å². The SMILES string of the molecule is CN=C(NCC1CCS(=O)(=O)C1)Nc1ccc2c(c1)OCCCO2.I. The van der Waals surface area contributed by atoms with Crippen molar-refractivity contribution in [3.8, 4) is 11.5 Å². The molecule has 1 aromatic rings. The van der Waals surface area contributed by atoms with Crippen LogP contribution < -0.4 is 20.1 Å². The smallest absolute Gasteiger partial charge is 0.195 e. The second-order valence-electron chi connectivity index (χ2n) is 6.06. The first-order valence-corrected chi connectivity index (χ1v) is 9.95. The summed E-state index contributed by atoms with van der Waals surface area (Å²) < 4.78 is 34.3. The number of guanidine groups is 1. The van der Waals surface area contributed by atoms with Gasteiger partial charge in [0.25, 0.3) is 0 Å². The molecule has 25 heavy (non-hydrogen) atoms. The molecule has 0 bridgehead atoms. The van der Waals surface area contributed by atoms with Crippen LogP contribution in [0.2, 0.25) is 0 Å². The average Bonchev–Trinajstić information content (AvgIpc) is 2.77. The molecule has 0 aromatic heterocycles. The molecular formula is C16H24IN3O4S. The third-order valence-corrected chi connectivity index (χ3v) is 5.96. The van der Waals surface area contributed by atoms with Gasteiger partial charge in [0.2, 0.25) is 0 Å². The van der Waals surface area contributed by atoms with Gasteiger partial charge in [0, 0.05) is 31.8 Å². The number of anilines is 1. The Bertz CT molecular complexity index is 724. The lowest BCUT2D eigenvalue weighted by Crippen LogP contribution is -2.35. The third-order valence-electron chi connectivity index (χ3n) is 4.12. The fraction of sp³-hybridized carbons (Fsp3) is 0.562. The predicted molar refractivity (Wildman–Crippen MR) is 109 cm³/mol. The Morgan fingerprint density at radius 3 is 2.72 bits per heavy atom.